The molecule has 1 N–H and O–H groups in total. The first kappa shape index (κ1) is 19.6. The summed E-state index contributed by atoms with van der Waals surface area (Å²) in [6, 6.07) is 9.80. The van der Waals surface area contributed by atoms with E-state index in [2.05, 4.69) is 11.4 Å². The lowest BCUT2D eigenvalue weighted by molar-refractivity contribution is -0.125. The molecular weight excluding hydrogens is 361 g/mol. The number of nitrogens with zero attached hydrogens (tertiary/aromatic N) is 2. The van der Waals surface area contributed by atoms with Gasteiger partial charge in [0.25, 0.3) is 5.91 Å². The summed E-state index contributed by atoms with van der Waals surface area (Å²) in [6.45, 7) is 3.15. The minimum atomic E-state index is -0.845. The summed E-state index contributed by atoms with van der Waals surface area (Å²) >= 11 is 0. The molecule has 2 aromatic rings. The molecule has 1 aliphatic carbocycles. The van der Waals surface area contributed by atoms with E-state index in [9.17, 15) is 19.2 Å². The predicted molar refractivity (Wildman–Crippen MR) is 100 cm³/mol. The Morgan fingerprint density at radius 2 is 1.89 bits per heavy atom. The third-order valence-electron chi connectivity index (χ3n) is 5.12. The van der Waals surface area contributed by atoms with Crippen LogP contribution in [0.3, 0.4) is 0 Å². The predicted octanol–water partition coefficient (Wildman–Crippen LogP) is 3.34. The molecule has 1 saturated carbocycles. The van der Waals surface area contributed by atoms with E-state index in [4.69, 9.17) is 4.74 Å². The molecule has 0 radical (unpaired) electrons. The number of carbonyl (C=O) groups is 2. The van der Waals surface area contributed by atoms with Crippen LogP contribution < -0.4 is 5.32 Å². The number of nitriles is 1. The zero-order valence-corrected chi connectivity index (χ0v) is 15.9. The molecule has 146 valence electrons. The number of hydrogen-bond donors (Lipinski definition) is 1. The highest BCUT2D eigenvalue weighted by Gasteiger charge is 2.35. The molecule has 0 atom stereocenters. The maximum Gasteiger partial charge on any atom is 0.340 e. The lowest BCUT2D eigenvalue weighted by atomic mass is 10.00. The third kappa shape index (κ3) is 3.91. The van der Waals surface area contributed by atoms with Crippen molar-refractivity contribution in [2.75, 3.05) is 6.61 Å². The normalized spacial score (nSPS) is 15.1. The van der Waals surface area contributed by atoms with Crippen LogP contribution in [-0.2, 0) is 9.53 Å². The molecule has 7 heteroatoms. The van der Waals surface area contributed by atoms with Gasteiger partial charge in [-0.05, 0) is 69.9 Å². The monoisotopic (exact) mass is 383 g/mol. The van der Waals surface area contributed by atoms with Crippen LogP contribution in [0, 0.1) is 31.0 Å². The van der Waals surface area contributed by atoms with Crippen molar-refractivity contribution in [2.24, 2.45) is 0 Å². The number of aryl methyl sites for hydroxylation is 1. The highest BCUT2D eigenvalue weighted by atomic mass is 19.1. The van der Waals surface area contributed by atoms with E-state index in [1.807, 2.05) is 11.5 Å². The number of rotatable bonds is 5. The van der Waals surface area contributed by atoms with Crippen molar-refractivity contribution in [3.05, 3.63) is 53.1 Å². The number of esters is 1. The first-order valence-electron chi connectivity index (χ1n) is 9.19. The average Bonchev–Trinajstić information content (AvgIpc) is 3.25. The molecule has 1 aliphatic rings. The molecule has 1 fully saturated rings. The molecule has 0 saturated heterocycles. The third-order valence-corrected chi connectivity index (χ3v) is 5.12. The van der Waals surface area contributed by atoms with Gasteiger partial charge in [-0.2, -0.15) is 5.26 Å². The van der Waals surface area contributed by atoms with Crippen LogP contribution in [0.25, 0.3) is 5.69 Å². The summed E-state index contributed by atoms with van der Waals surface area (Å²) in [5.41, 5.74) is 1.65. The van der Waals surface area contributed by atoms with Crippen molar-refractivity contribution >= 4 is 11.9 Å². The second kappa shape index (κ2) is 7.85. The fourth-order valence-corrected chi connectivity index (χ4v) is 3.71. The van der Waals surface area contributed by atoms with Crippen LogP contribution in [0.15, 0.2) is 30.3 Å². The van der Waals surface area contributed by atoms with Gasteiger partial charge in [-0.3, -0.25) is 4.79 Å². The van der Waals surface area contributed by atoms with Crippen LogP contribution in [0.5, 0.6) is 0 Å². The Morgan fingerprint density at radius 1 is 1.25 bits per heavy atom. The van der Waals surface area contributed by atoms with Crippen LogP contribution >= 0.6 is 0 Å². The maximum absolute atomic E-state index is 13.2. The fraction of sp³-hybridized carbons (Fsp3) is 0.381. The molecule has 0 bridgehead atoms. The van der Waals surface area contributed by atoms with Gasteiger partial charge in [-0.15, -0.1) is 0 Å². The number of halogens is 1. The lowest BCUT2D eigenvalue weighted by Crippen LogP contribution is -2.46. The Hall–Kier alpha value is -3.14. The topological polar surface area (TPSA) is 84.1 Å². The first-order chi connectivity index (χ1) is 13.3. The van der Waals surface area contributed by atoms with Gasteiger partial charge < -0.3 is 14.6 Å². The van der Waals surface area contributed by atoms with E-state index in [0.29, 0.717) is 24.1 Å². The molecule has 28 heavy (non-hydrogen) atoms. The summed E-state index contributed by atoms with van der Waals surface area (Å²) in [6.07, 6.45) is 3.01. The number of hydrogen-bond acceptors (Lipinski definition) is 4. The second-order valence-electron chi connectivity index (χ2n) is 7.12. The molecule has 1 aromatic carbocycles. The van der Waals surface area contributed by atoms with E-state index in [0.717, 1.165) is 24.2 Å². The number of nitrogens with one attached hydrogen (secondary N) is 1. The Morgan fingerprint density at radius 3 is 2.50 bits per heavy atom. The molecule has 1 heterocycles. The number of carbonyl (C=O) groups excluding carboxylic acids is 2. The van der Waals surface area contributed by atoms with Crippen molar-refractivity contribution in [1.82, 2.24) is 9.88 Å². The average molecular weight is 383 g/mol. The molecule has 0 spiro atoms. The molecule has 0 unspecified atom stereocenters. The molecule has 0 aliphatic heterocycles. The lowest BCUT2D eigenvalue weighted by Gasteiger charge is -2.21. The quantitative estimate of drug-likeness (QED) is 0.803. The summed E-state index contributed by atoms with van der Waals surface area (Å²) in [4.78, 5) is 24.6. The number of amides is 1. The van der Waals surface area contributed by atoms with Crippen molar-refractivity contribution in [3.8, 4) is 11.8 Å². The van der Waals surface area contributed by atoms with Crippen LogP contribution in [-0.4, -0.2) is 28.6 Å². The van der Waals surface area contributed by atoms with Gasteiger partial charge in [-0.25, -0.2) is 9.18 Å². The molecule has 6 nitrogen and oxygen atoms in total. The van der Waals surface area contributed by atoms with Crippen molar-refractivity contribution in [3.63, 3.8) is 0 Å². The van der Waals surface area contributed by atoms with E-state index in [1.54, 1.807) is 25.1 Å². The largest absolute Gasteiger partial charge is 0.452 e. The summed E-state index contributed by atoms with van der Waals surface area (Å²) in [7, 11) is 0. The Balaban J connectivity index is 1.68. The SMILES string of the molecule is Cc1cc(C(=O)OCC(=O)NC2(C#N)CCCC2)c(C)n1-c1ccc(F)cc1. The van der Waals surface area contributed by atoms with Gasteiger partial charge in [0, 0.05) is 17.1 Å². The Kier molecular flexibility index (Phi) is 5.50. The van der Waals surface area contributed by atoms with E-state index >= 15 is 0 Å². The van der Waals surface area contributed by atoms with Gasteiger partial charge >= 0.3 is 5.97 Å². The Bertz CT molecular complexity index is 935. The number of aromatic nitrogens is 1. The minimum absolute atomic E-state index is 0.338. The molecule has 1 amide bonds. The maximum atomic E-state index is 13.2. The van der Waals surface area contributed by atoms with Gasteiger partial charge in [0.1, 0.15) is 11.4 Å². The fourth-order valence-electron chi connectivity index (χ4n) is 3.71. The Labute approximate surface area is 162 Å². The van der Waals surface area contributed by atoms with Gasteiger partial charge in [0.2, 0.25) is 0 Å². The van der Waals surface area contributed by atoms with Crippen LogP contribution in [0.1, 0.15) is 47.4 Å². The van der Waals surface area contributed by atoms with Crippen molar-refractivity contribution < 1.29 is 18.7 Å². The zero-order valence-electron chi connectivity index (χ0n) is 15.9. The number of ether oxygens (including phenoxy) is 1. The molecule has 1 aromatic heterocycles. The number of benzene rings is 1. The second-order valence-corrected chi connectivity index (χ2v) is 7.12. The molecular formula is C21H22FN3O3. The summed E-state index contributed by atoms with van der Waals surface area (Å²) in [5.74, 6) is -1.44. The standard InChI is InChI=1S/C21H22FN3O3/c1-14-11-18(15(2)25(14)17-7-5-16(22)6-8-17)20(27)28-12-19(26)24-21(13-23)9-3-4-10-21/h5-8,11H,3-4,9-10,12H2,1-2H3,(H,24,26). The van der Waals surface area contributed by atoms with E-state index in [1.165, 1.54) is 12.1 Å². The highest BCUT2D eigenvalue weighted by molar-refractivity contribution is 5.93. The van der Waals surface area contributed by atoms with E-state index < -0.39 is 24.0 Å². The van der Waals surface area contributed by atoms with Gasteiger partial charge in [0.05, 0.1) is 11.6 Å². The van der Waals surface area contributed by atoms with Crippen molar-refractivity contribution in [1.29, 1.82) is 5.26 Å². The minimum Gasteiger partial charge on any atom is -0.452 e. The highest BCUT2D eigenvalue weighted by Crippen LogP contribution is 2.28. The molecule has 3 rings (SSSR count). The summed E-state index contributed by atoms with van der Waals surface area (Å²) < 4.78 is 20.1. The first-order valence-corrected chi connectivity index (χ1v) is 9.19. The zero-order chi connectivity index (χ0) is 20.3. The van der Waals surface area contributed by atoms with E-state index in [-0.39, 0.29) is 5.82 Å². The van der Waals surface area contributed by atoms with Gasteiger partial charge in [0.15, 0.2) is 6.61 Å². The summed E-state index contributed by atoms with van der Waals surface area (Å²) in [5, 5.41) is 12.0. The van der Waals surface area contributed by atoms with Crippen LogP contribution in [0.2, 0.25) is 0 Å². The van der Waals surface area contributed by atoms with Crippen LogP contribution in [0.4, 0.5) is 4.39 Å². The van der Waals surface area contributed by atoms with Crippen molar-refractivity contribution in [2.45, 2.75) is 45.1 Å². The smallest absolute Gasteiger partial charge is 0.340 e. The van der Waals surface area contributed by atoms with Gasteiger partial charge in [-0.1, -0.05) is 0 Å².